The van der Waals surface area contributed by atoms with Crippen LogP contribution in [0.5, 0.6) is 0 Å². The molecule has 1 amide bonds. The lowest BCUT2D eigenvalue weighted by Gasteiger charge is -2.25. The van der Waals surface area contributed by atoms with Crippen molar-refractivity contribution >= 4 is 32.7 Å². The number of hydrogen-bond acceptors (Lipinski definition) is 7. The van der Waals surface area contributed by atoms with Crippen molar-refractivity contribution in [1.29, 1.82) is 0 Å². The number of allylic oxidation sites excluding steroid dienone is 2. The number of fused-ring (bicyclic) bond motifs is 2. The summed E-state index contributed by atoms with van der Waals surface area (Å²) in [7, 11) is -3.98. The number of aryl methyl sites for hydroxylation is 1. The third-order valence-corrected chi connectivity index (χ3v) is 7.30. The van der Waals surface area contributed by atoms with Crippen molar-refractivity contribution in [2.24, 2.45) is 27.7 Å². The lowest BCUT2D eigenvalue weighted by molar-refractivity contribution is 0.0957. The fourth-order valence-electron chi connectivity index (χ4n) is 4.58. The lowest BCUT2D eigenvalue weighted by Crippen LogP contribution is -2.32. The predicted octanol–water partition coefficient (Wildman–Crippen LogP) is 2.52. The van der Waals surface area contributed by atoms with E-state index < -0.39 is 10.0 Å². The van der Waals surface area contributed by atoms with Crippen molar-refractivity contribution in [3.05, 3.63) is 101 Å². The number of rotatable bonds is 6. The molecule has 37 heavy (non-hydrogen) atoms. The van der Waals surface area contributed by atoms with E-state index in [4.69, 9.17) is 10.9 Å². The zero-order valence-electron chi connectivity index (χ0n) is 20.1. The second-order valence-corrected chi connectivity index (χ2v) is 10.7. The first-order valence-electron chi connectivity index (χ1n) is 11.7. The first-order valence-corrected chi connectivity index (χ1v) is 13.3. The lowest BCUT2D eigenvalue weighted by atomic mass is 9.84. The van der Waals surface area contributed by atoms with E-state index >= 15 is 0 Å². The molecule has 1 aliphatic heterocycles. The summed E-state index contributed by atoms with van der Waals surface area (Å²) in [5.74, 6) is 0.534. The molecular weight excluding hydrogens is 488 g/mol. The molecule has 1 aliphatic carbocycles. The van der Waals surface area contributed by atoms with Crippen molar-refractivity contribution in [2.45, 2.75) is 18.2 Å². The number of pyridine rings is 2. The number of hydrogen-bond donors (Lipinski definition) is 3. The van der Waals surface area contributed by atoms with Crippen LogP contribution in [0.2, 0.25) is 0 Å². The van der Waals surface area contributed by atoms with Crippen molar-refractivity contribution < 1.29 is 13.2 Å². The minimum Gasteiger partial charge on any atom is -0.387 e. The van der Waals surface area contributed by atoms with Gasteiger partial charge in [0.15, 0.2) is 0 Å². The van der Waals surface area contributed by atoms with Crippen LogP contribution < -0.4 is 16.2 Å². The molecule has 2 unspecified atom stereocenters. The number of amides is 1. The molecule has 0 spiro atoms. The molecule has 3 aromatic rings. The van der Waals surface area contributed by atoms with E-state index in [1.807, 2.05) is 37.3 Å². The summed E-state index contributed by atoms with van der Waals surface area (Å²) in [5.41, 5.74) is 9.96. The van der Waals surface area contributed by atoms with Gasteiger partial charge in [-0.1, -0.05) is 24.3 Å². The highest BCUT2D eigenvalue weighted by Gasteiger charge is 2.24. The van der Waals surface area contributed by atoms with E-state index in [-0.39, 0.29) is 22.6 Å². The Morgan fingerprint density at radius 2 is 1.97 bits per heavy atom. The largest absolute Gasteiger partial charge is 0.387 e. The zero-order valence-corrected chi connectivity index (χ0v) is 20.9. The number of benzene rings is 1. The molecule has 1 aromatic carbocycles. The number of carbonyl (C=O) groups is 1. The highest BCUT2D eigenvalue weighted by atomic mass is 32.2. The van der Waals surface area contributed by atoms with Crippen molar-refractivity contribution in [2.75, 3.05) is 6.54 Å². The average Bonchev–Trinajstić information content (AvgIpc) is 2.86. The van der Waals surface area contributed by atoms with Crippen LogP contribution in [0.3, 0.4) is 0 Å². The predicted molar refractivity (Wildman–Crippen MR) is 142 cm³/mol. The Morgan fingerprint density at radius 3 is 2.78 bits per heavy atom. The van der Waals surface area contributed by atoms with E-state index in [9.17, 15) is 13.2 Å². The van der Waals surface area contributed by atoms with Gasteiger partial charge < -0.3 is 11.1 Å². The van der Waals surface area contributed by atoms with Crippen LogP contribution in [-0.2, 0) is 16.4 Å². The molecule has 0 saturated carbocycles. The monoisotopic (exact) mass is 514 g/mol. The van der Waals surface area contributed by atoms with Gasteiger partial charge in [0.05, 0.1) is 5.52 Å². The molecule has 2 aliphatic rings. The van der Waals surface area contributed by atoms with Crippen molar-refractivity contribution in [1.82, 2.24) is 15.3 Å². The topological polar surface area (TPSA) is 153 Å². The zero-order chi connectivity index (χ0) is 26.2. The summed E-state index contributed by atoms with van der Waals surface area (Å²) in [6, 6.07) is 8.58. The molecule has 188 valence electrons. The number of carbonyl (C=O) groups excluding carboxylic acids is 1. The third-order valence-electron chi connectivity index (χ3n) is 6.38. The van der Waals surface area contributed by atoms with E-state index in [0.717, 1.165) is 11.1 Å². The molecule has 0 bridgehead atoms. The van der Waals surface area contributed by atoms with Crippen LogP contribution in [0, 0.1) is 18.8 Å². The van der Waals surface area contributed by atoms with E-state index in [0.29, 0.717) is 46.5 Å². The van der Waals surface area contributed by atoms with Crippen molar-refractivity contribution in [3.8, 4) is 0 Å². The number of nitrogens with one attached hydrogen (secondary N) is 1. The minimum atomic E-state index is -3.98. The Kier molecular flexibility index (Phi) is 6.45. The number of nitrogens with zero attached hydrogens (tertiary/aromatic N) is 3. The van der Waals surface area contributed by atoms with Gasteiger partial charge in [-0.05, 0) is 54.0 Å². The Balaban J connectivity index is 1.32. The van der Waals surface area contributed by atoms with Gasteiger partial charge in [0.25, 0.3) is 5.91 Å². The van der Waals surface area contributed by atoms with Crippen LogP contribution in [0.25, 0.3) is 10.9 Å². The first-order chi connectivity index (χ1) is 17.7. The Hall–Kier alpha value is -4.15. The van der Waals surface area contributed by atoms with Gasteiger partial charge >= 0.3 is 0 Å². The van der Waals surface area contributed by atoms with Crippen LogP contribution in [0.1, 0.15) is 27.2 Å². The molecule has 9 nitrogen and oxygen atoms in total. The maximum atomic E-state index is 12.9. The van der Waals surface area contributed by atoms with Crippen LogP contribution in [0.15, 0.2) is 88.7 Å². The smallest absolute Gasteiger partial charge is 0.251 e. The fourth-order valence-corrected chi connectivity index (χ4v) is 5.34. The van der Waals surface area contributed by atoms with Gasteiger partial charge in [-0.25, -0.2) is 18.5 Å². The maximum absolute atomic E-state index is 12.9. The van der Waals surface area contributed by atoms with Crippen LogP contribution >= 0.6 is 0 Å². The summed E-state index contributed by atoms with van der Waals surface area (Å²) < 4.78 is 24.4. The Morgan fingerprint density at radius 1 is 1.14 bits per heavy atom. The summed E-state index contributed by atoms with van der Waals surface area (Å²) in [6.07, 6.45) is 13.2. The molecule has 2 atom stereocenters. The van der Waals surface area contributed by atoms with E-state index in [1.54, 1.807) is 30.7 Å². The summed E-state index contributed by atoms with van der Waals surface area (Å²) in [5, 5.41) is 9.09. The Labute approximate surface area is 214 Å². The summed E-state index contributed by atoms with van der Waals surface area (Å²) in [6.45, 7) is 2.25. The molecule has 3 heterocycles. The molecule has 0 radical (unpaired) electrons. The molecule has 10 heteroatoms. The van der Waals surface area contributed by atoms with Gasteiger partial charge in [-0.15, -0.1) is 0 Å². The van der Waals surface area contributed by atoms with Crippen LogP contribution in [-0.4, -0.2) is 36.7 Å². The molecule has 5 N–H and O–H groups in total. The molecule has 5 rings (SSSR count). The number of primary sulfonamides is 1. The second kappa shape index (κ2) is 9.72. The second-order valence-electron chi connectivity index (χ2n) is 9.22. The SMILES string of the molecule is Cc1cnc2c(S(N)(=O)=O)cc(Cc3cc(C(=O)NCC4=CC5C=CN=C(N)C5C=C4)ccn3)cc2c1. The Bertz CT molecular complexity index is 1640. The van der Waals surface area contributed by atoms with Gasteiger partial charge in [0.1, 0.15) is 10.7 Å². The maximum Gasteiger partial charge on any atom is 0.251 e. The minimum absolute atomic E-state index is 0.0363. The van der Waals surface area contributed by atoms with Gasteiger partial charge in [0.2, 0.25) is 10.0 Å². The molecule has 0 saturated heterocycles. The summed E-state index contributed by atoms with van der Waals surface area (Å²) in [4.78, 5) is 25.6. The average molecular weight is 515 g/mol. The van der Waals surface area contributed by atoms with Gasteiger partial charge in [-0.3, -0.25) is 14.8 Å². The highest BCUT2D eigenvalue weighted by molar-refractivity contribution is 7.89. The molecule has 2 aromatic heterocycles. The summed E-state index contributed by atoms with van der Waals surface area (Å²) >= 11 is 0. The third kappa shape index (κ3) is 5.35. The van der Waals surface area contributed by atoms with Crippen LogP contribution in [0.4, 0.5) is 0 Å². The molecule has 0 fully saturated rings. The standard InChI is InChI=1S/C27H26N6O3S/c1-16-8-21-10-18(12-24(37(29,35)36)25(21)32-14-16)11-22-13-20(5-6-30-22)27(34)33-15-17-2-3-23-19(9-17)4-7-31-26(23)28/h2-10,12-14,19,23H,11,15H2,1H3,(H2,28,31)(H,33,34)(H2,29,35,36). The normalized spacial score (nSPS) is 18.8. The fraction of sp³-hybridized carbons (Fsp3) is 0.185. The number of nitrogens with two attached hydrogens (primary N) is 2. The van der Waals surface area contributed by atoms with E-state index in [1.165, 1.54) is 6.07 Å². The first kappa shape index (κ1) is 24.5. The number of amidine groups is 1. The van der Waals surface area contributed by atoms with Gasteiger partial charge in [0, 0.05) is 60.0 Å². The number of aliphatic imine (C=N–C) groups is 1. The number of aromatic nitrogens is 2. The molecular formula is C27H26N6O3S. The quantitative estimate of drug-likeness (QED) is 0.459. The van der Waals surface area contributed by atoms with Crippen molar-refractivity contribution in [3.63, 3.8) is 0 Å². The van der Waals surface area contributed by atoms with E-state index in [2.05, 4.69) is 26.4 Å². The number of sulfonamides is 1. The van der Waals surface area contributed by atoms with Gasteiger partial charge in [-0.2, -0.15) is 0 Å². The highest BCUT2D eigenvalue weighted by Crippen LogP contribution is 2.27.